The third-order valence-electron chi connectivity index (χ3n) is 3.44. The first-order valence-corrected chi connectivity index (χ1v) is 8.49. The number of carbonyl (C=O) groups is 1. The maximum atomic E-state index is 13.0. The predicted octanol–water partition coefficient (Wildman–Crippen LogP) is 4.70. The second-order valence-electron chi connectivity index (χ2n) is 5.29. The van der Waals surface area contributed by atoms with Crippen LogP contribution in [-0.4, -0.2) is 17.7 Å². The number of rotatable bonds is 5. The summed E-state index contributed by atoms with van der Waals surface area (Å²) < 4.78 is 17.9. The molecule has 0 amide bonds. The van der Waals surface area contributed by atoms with Crippen LogP contribution in [0.3, 0.4) is 0 Å². The molecule has 1 atom stereocenters. The van der Waals surface area contributed by atoms with E-state index in [1.54, 1.807) is 37.3 Å². The van der Waals surface area contributed by atoms with E-state index in [2.05, 4.69) is 10.6 Å². The van der Waals surface area contributed by atoms with Crippen molar-refractivity contribution in [1.82, 2.24) is 5.32 Å². The fraction of sp³-hybridized carbons (Fsp3) is 0.222. The Morgan fingerprint density at radius 1 is 1.28 bits per heavy atom. The normalized spacial score (nSPS) is 11.5. The van der Waals surface area contributed by atoms with E-state index in [-0.39, 0.29) is 23.5 Å². The number of carbonyl (C=O) groups excluding carboxylic acids is 1. The number of halogens is 2. The maximum absolute atomic E-state index is 13.0. The molecule has 0 aliphatic rings. The molecule has 0 aliphatic heterocycles. The maximum Gasteiger partial charge on any atom is 0.339 e. The zero-order valence-electron chi connectivity index (χ0n) is 13.8. The van der Waals surface area contributed by atoms with Gasteiger partial charge in [0.1, 0.15) is 5.82 Å². The summed E-state index contributed by atoms with van der Waals surface area (Å²) in [6.07, 6.45) is 0. The van der Waals surface area contributed by atoms with Gasteiger partial charge in [-0.1, -0.05) is 23.7 Å². The summed E-state index contributed by atoms with van der Waals surface area (Å²) in [6.45, 7) is 3.93. The summed E-state index contributed by atoms with van der Waals surface area (Å²) in [7, 11) is 0. The smallest absolute Gasteiger partial charge is 0.339 e. The number of nitrogens with one attached hydrogen (secondary N) is 2. The average Bonchev–Trinajstić information content (AvgIpc) is 2.55. The monoisotopic (exact) mass is 380 g/mol. The average molecular weight is 381 g/mol. The molecule has 0 aromatic heterocycles. The SMILES string of the molecule is CCOC(=O)c1ccc(NC(=S)N[C@H](C)c2ccc(F)cc2)cc1Cl. The quantitative estimate of drug-likeness (QED) is 0.581. The topological polar surface area (TPSA) is 50.4 Å². The number of esters is 1. The summed E-state index contributed by atoms with van der Waals surface area (Å²) in [5, 5.41) is 6.77. The Hall–Kier alpha value is -2.18. The van der Waals surface area contributed by atoms with Crippen LogP contribution < -0.4 is 10.6 Å². The lowest BCUT2D eigenvalue weighted by molar-refractivity contribution is 0.0526. The zero-order valence-corrected chi connectivity index (χ0v) is 15.4. The van der Waals surface area contributed by atoms with Gasteiger partial charge in [0.2, 0.25) is 0 Å². The highest BCUT2D eigenvalue weighted by atomic mass is 35.5. The lowest BCUT2D eigenvalue weighted by Gasteiger charge is -2.17. The number of benzene rings is 2. The summed E-state index contributed by atoms with van der Waals surface area (Å²) in [6, 6.07) is 11.0. The molecule has 2 aromatic carbocycles. The third kappa shape index (κ3) is 5.41. The van der Waals surface area contributed by atoms with E-state index in [0.717, 1.165) is 5.56 Å². The lowest BCUT2D eigenvalue weighted by atomic mass is 10.1. The summed E-state index contributed by atoms with van der Waals surface area (Å²) >= 11 is 11.4. The Labute approximate surface area is 156 Å². The highest BCUT2D eigenvalue weighted by Gasteiger charge is 2.13. The molecule has 25 heavy (non-hydrogen) atoms. The minimum atomic E-state index is -0.468. The van der Waals surface area contributed by atoms with Crippen LogP contribution in [0.15, 0.2) is 42.5 Å². The summed E-state index contributed by atoms with van der Waals surface area (Å²) in [5.74, 6) is -0.752. The van der Waals surface area contributed by atoms with E-state index >= 15 is 0 Å². The molecule has 4 nitrogen and oxygen atoms in total. The molecule has 132 valence electrons. The van der Waals surface area contributed by atoms with E-state index in [9.17, 15) is 9.18 Å². The van der Waals surface area contributed by atoms with Crippen molar-refractivity contribution >= 4 is 40.6 Å². The van der Waals surface area contributed by atoms with Crippen LogP contribution in [0.2, 0.25) is 5.02 Å². The fourth-order valence-corrected chi connectivity index (χ4v) is 2.72. The third-order valence-corrected chi connectivity index (χ3v) is 3.97. The van der Waals surface area contributed by atoms with Gasteiger partial charge in [0.05, 0.1) is 23.2 Å². The predicted molar refractivity (Wildman–Crippen MR) is 102 cm³/mol. The molecule has 2 rings (SSSR count). The first kappa shape index (κ1) is 19.1. The van der Waals surface area contributed by atoms with Crippen molar-refractivity contribution in [2.24, 2.45) is 0 Å². The zero-order chi connectivity index (χ0) is 18.4. The van der Waals surface area contributed by atoms with Gasteiger partial charge in [-0.05, 0) is 62.0 Å². The van der Waals surface area contributed by atoms with Gasteiger partial charge in [-0.2, -0.15) is 0 Å². The summed E-state index contributed by atoms with van der Waals surface area (Å²) in [4.78, 5) is 11.7. The molecule has 0 radical (unpaired) electrons. The molecule has 0 saturated heterocycles. The van der Waals surface area contributed by atoms with Crippen molar-refractivity contribution in [3.63, 3.8) is 0 Å². The Balaban J connectivity index is 1.99. The number of ether oxygens (including phenoxy) is 1. The van der Waals surface area contributed by atoms with E-state index in [1.807, 2.05) is 6.92 Å². The van der Waals surface area contributed by atoms with Crippen molar-refractivity contribution in [2.75, 3.05) is 11.9 Å². The number of hydrogen-bond acceptors (Lipinski definition) is 3. The van der Waals surface area contributed by atoms with Gasteiger partial charge in [0.25, 0.3) is 0 Å². The molecule has 2 aromatic rings. The van der Waals surface area contributed by atoms with Gasteiger partial charge in [-0.25, -0.2) is 9.18 Å². The van der Waals surface area contributed by atoms with Gasteiger partial charge >= 0.3 is 5.97 Å². The first-order chi connectivity index (χ1) is 11.9. The van der Waals surface area contributed by atoms with Crippen LogP contribution in [0.4, 0.5) is 10.1 Å². The van der Waals surface area contributed by atoms with Crippen molar-refractivity contribution in [3.05, 3.63) is 64.4 Å². The fourth-order valence-electron chi connectivity index (χ4n) is 2.17. The molecule has 0 aliphatic carbocycles. The highest BCUT2D eigenvalue weighted by Crippen LogP contribution is 2.22. The largest absolute Gasteiger partial charge is 0.462 e. The van der Waals surface area contributed by atoms with Gasteiger partial charge in [-0.15, -0.1) is 0 Å². The lowest BCUT2D eigenvalue weighted by Crippen LogP contribution is -2.30. The van der Waals surface area contributed by atoms with Crippen molar-refractivity contribution in [1.29, 1.82) is 0 Å². The highest BCUT2D eigenvalue weighted by molar-refractivity contribution is 7.80. The standard InChI is InChI=1S/C18H18ClFN2O2S/c1-3-24-17(23)15-9-8-14(10-16(15)19)22-18(25)21-11(2)12-4-6-13(20)7-5-12/h4-11H,3H2,1-2H3,(H2,21,22,25)/t11-/m1/s1. The molecule has 0 heterocycles. The molecule has 0 saturated carbocycles. The van der Waals surface area contributed by atoms with E-state index in [1.165, 1.54) is 12.1 Å². The molecule has 7 heteroatoms. The van der Waals surface area contributed by atoms with Crippen molar-refractivity contribution in [3.8, 4) is 0 Å². The van der Waals surface area contributed by atoms with Crippen LogP contribution in [0.5, 0.6) is 0 Å². The van der Waals surface area contributed by atoms with Gasteiger partial charge in [0, 0.05) is 5.69 Å². The Bertz CT molecular complexity index is 768. The van der Waals surface area contributed by atoms with Crippen molar-refractivity contribution < 1.29 is 13.9 Å². The van der Waals surface area contributed by atoms with Crippen LogP contribution in [0.1, 0.15) is 35.8 Å². The van der Waals surface area contributed by atoms with Crippen LogP contribution >= 0.6 is 23.8 Å². The Kier molecular flexibility index (Phi) is 6.73. The van der Waals surface area contributed by atoms with Crippen molar-refractivity contribution in [2.45, 2.75) is 19.9 Å². The van der Waals surface area contributed by atoms with Gasteiger partial charge < -0.3 is 15.4 Å². The minimum absolute atomic E-state index is 0.102. The second kappa shape index (κ2) is 8.78. The molecule has 0 bridgehead atoms. The second-order valence-corrected chi connectivity index (χ2v) is 6.10. The molecule has 0 spiro atoms. The van der Waals surface area contributed by atoms with Crippen LogP contribution in [-0.2, 0) is 4.74 Å². The summed E-state index contributed by atoms with van der Waals surface area (Å²) in [5.41, 5.74) is 1.84. The molecule has 2 N–H and O–H groups in total. The van der Waals surface area contributed by atoms with E-state index in [0.29, 0.717) is 16.4 Å². The van der Waals surface area contributed by atoms with E-state index in [4.69, 9.17) is 28.6 Å². The van der Waals surface area contributed by atoms with E-state index < -0.39 is 5.97 Å². The molecular formula is C18H18ClFN2O2S. The van der Waals surface area contributed by atoms with Gasteiger partial charge in [0.15, 0.2) is 5.11 Å². The molecule has 0 fully saturated rings. The number of hydrogen-bond donors (Lipinski definition) is 2. The minimum Gasteiger partial charge on any atom is -0.462 e. The molecule has 0 unspecified atom stereocenters. The molecular weight excluding hydrogens is 363 g/mol. The van der Waals surface area contributed by atoms with Crippen LogP contribution in [0, 0.1) is 5.82 Å². The van der Waals surface area contributed by atoms with Gasteiger partial charge in [-0.3, -0.25) is 0 Å². The number of thiocarbonyl (C=S) groups is 1. The number of anilines is 1. The van der Waals surface area contributed by atoms with Crippen LogP contribution in [0.25, 0.3) is 0 Å². The first-order valence-electron chi connectivity index (χ1n) is 7.70. The Morgan fingerprint density at radius 3 is 2.56 bits per heavy atom. The Morgan fingerprint density at radius 2 is 1.96 bits per heavy atom.